The minimum Gasteiger partial charge on any atom is -0.872 e. The standard InChI is InChI=1S/C28H29N3O4/c1-19-16-21(11-12-23(19)35-18-20-8-5-4-6-9-20)26(32)24-25(22-10-7-13-29-17-22)31(15-14-30(2)3)28(34)27(24)33/h4-13,16-17,25,32H,14-15,18H2,1-3H3. The van der Waals surface area contributed by atoms with Crippen LogP contribution in [0.25, 0.3) is 5.76 Å². The molecular formula is C28H29N3O4. The van der Waals surface area contributed by atoms with Crippen LogP contribution in [0.3, 0.4) is 0 Å². The lowest BCUT2D eigenvalue weighted by Crippen LogP contribution is -3.06. The van der Waals surface area contributed by atoms with Gasteiger partial charge >= 0.3 is 0 Å². The molecule has 3 aromatic rings. The van der Waals surface area contributed by atoms with Gasteiger partial charge in [-0.25, -0.2) is 0 Å². The highest BCUT2D eigenvalue weighted by Crippen LogP contribution is 2.38. The number of carbonyl (C=O) groups excluding carboxylic acids is 2. The fourth-order valence-electron chi connectivity index (χ4n) is 4.17. The van der Waals surface area contributed by atoms with Gasteiger partial charge in [0.25, 0.3) is 5.91 Å². The van der Waals surface area contributed by atoms with Crippen molar-refractivity contribution in [2.75, 3.05) is 27.2 Å². The summed E-state index contributed by atoms with van der Waals surface area (Å²) in [5.74, 6) is -1.19. The highest BCUT2D eigenvalue weighted by molar-refractivity contribution is 6.46. The van der Waals surface area contributed by atoms with Crippen LogP contribution < -0.4 is 14.7 Å². The Bertz CT molecular complexity index is 1240. The number of carbonyl (C=O) groups is 2. The van der Waals surface area contributed by atoms with Crippen LogP contribution >= 0.6 is 0 Å². The predicted molar refractivity (Wildman–Crippen MR) is 130 cm³/mol. The molecule has 1 aliphatic heterocycles. The summed E-state index contributed by atoms with van der Waals surface area (Å²) in [6.45, 7) is 3.26. The van der Waals surface area contributed by atoms with Gasteiger partial charge in [-0.15, -0.1) is 0 Å². The molecule has 7 heteroatoms. The van der Waals surface area contributed by atoms with E-state index in [4.69, 9.17) is 4.74 Å². The number of hydrogen-bond acceptors (Lipinski definition) is 5. The Labute approximate surface area is 205 Å². The Morgan fingerprint density at radius 1 is 1.09 bits per heavy atom. The number of rotatable bonds is 8. The molecule has 180 valence electrons. The molecule has 1 N–H and O–H groups in total. The number of pyridine rings is 1. The number of ether oxygens (including phenoxy) is 1. The first kappa shape index (κ1) is 24.2. The van der Waals surface area contributed by atoms with E-state index in [0.29, 0.717) is 36.6 Å². The number of benzene rings is 2. The SMILES string of the molecule is Cc1cc(C([O-])=C2C(=O)C(=O)N(CC[NH+](C)C)C2c2cccnc2)ccc1OCc1ccccc1. The third-order valence-corrected chi connectivity index (χ3v) is 6.06. The van der Waals surface area contributed by atoms with Gasteiger partial charge in [-0.2, -0.15) is 0 Å². The minimum absolute atomic E-state index is 0.0332. The van der Waals surface area contributed by atoms with Gasteiger partial charge in [0.2, 0.25) is 5.78 Å². The molecule has 2 aromatic carbocycles. The first-order valence-electron chi connectivity index (χ1n) is 11.6. The number of amides is 1. The van der Waals surface area contributed by atoms with E-state index >= 15 is 0 Å². The van der Waals surface area contributed by atoms with Crippen molar-refractivity contribution in [2.24, 2.45) is 0 Å². The lowest BCUT2D eigenvalue weighted by atomic mass is 9.95. The summed E-state index contributed by atoms with van der Waals surface area (Å²) in [6.07, 6.45) is 3.22. The maximum atomic E-state index is 13.6. The number of nitrogens with zero attached hydrogens (tertiary/aromatic N) is 2. The van der Waals surface area contributed by atoms with Crippen molar-refractivity contribution in [3.8, 4) is 5.75 Å². The lowest BCUT2D eigenvalue weighted by Gasteiger charge is -2.27. The number of aryl methyl sites for hydroxylation is 1. The van der Waals surface area contributed by atoms with Gasteiger partial charge in [0.05, 0.1) is 33.2 Å². The molecule has 1 aliphatic rings. The summed E-state index contributed by atoms with van der Waals surface area (Å²) in [5.41, 5.74) is 2.77. The molecule has 1 atom stereocenters. The first-order valence-corrected chi connectivity index (χ1v) is 11.6. The zero-order valence-corrected chi connectivity index (χ0v) is 20.2. The van der Waals surface area contributed by atoms with Gasteiger partial charge in [0.1, 0.15) is 12.4 Å². The Morgan fingerprint density at radius 3 is 2.51 bits per heavy atom. The fraction of sp³-hybridized carbons (Fsp3) is 0.250. The second-order valence-electron chi connectivity index (χ2n) is 8.97. The fourth-order valence-corrected chi connectivity index (χ4v) is 4.17. The average Bonchev–Trinajstić information content (AvgIpc) is 3.12. The van der Waals surface area contributed by atoms with Crippen LogP contribution in [-0.4, -0.2) is 48.8 Å². The van der Waals surface area contributed by atoms with E-state index < -0.39 is 23.5 Å². The molecule has 4 rings (SSSR count). The quantitative estimate of drug-likeness (QED) is 0.304. The molecule has 0 bridgehead atoms. The summed E-state index contributed by atoms with van der Waals surface area (Å²) >= 11 is 0. The molecule has 0 saturated carbocycles. The Balaban J connectivity index is 1.68. The number of aromatic nitrogens is 1. The summed E-state index contributed by atoms with van der Waals surface area (Å²) < 4.78 is 5.93. The Hall–Kier alpha value is -3.97. The first-order chi connectivity index (χ1) is 16.9. The number of nitrogens with one attached hydrogen (secondary N) is 1. The molecule has 2 heterocycles. The summed E-state index contributed by atoms with van der Waals surface area (Å²) in [5, 5.41) is 13.6. The average molecular weight is 472 g/mol. The van der Waals surface area contributed by atoms with Crippen molar-refractivity contribution in [1.29, 1.82) is 0 Å². The number of quaternary nitrogens is 1. The number of hydrogen-bond donors (Lipinski definition) is 1. The number of ketones is 1. The molecule has 1 aromatic heterocycles. The largest absolute Gasteiger partial charge is 0.872 e. The second-order valence-corrected chi connectivity index (χ2v) is 8.97. The number of likely N-dealkylation sites (tertiary alicyclic amines) is 1. The molecule has 1 unspecified atom stereocenters. The Morgan fingerprint density at radius 2 is 1.86 bits per heavy atom. The second kappa shape index (κ2) is 10.5. The van der Waals surface area contributed by atoms with Crippen molar-refractivity contribution in [3.05, 3.63) is 101 Å². The van der Waals surface area contributed by atoms with E-state index in [9.17, 15) is 14.7 Å². The van der Waals surface area contributed by atoms with E-state index in [-0.39, 0.29) is 5.57 Å². The molecule has 0 radical (unpaired) electrons. The normalized spacial score (nSPS) is 17.3. The van der Waals surface area contributed by atoms with Crippen molar-refractivity contribution in [1.82, 2.24) is 9.88 Å². The highest BCUT2D eigenvalue weighted by Gasteiger charge is 2.44. The predicted octanol–water partition coefficient (Wildman–Crippen LogP) is 1.34. The summed E-state index contributed by atoms with van der Waals surface area (Å²) in [7, 11) is 3.95. The number of likely N-dealkylation sites (N-methyl/N-ethyl adjacent to an activating group) is 1. The third-order valence-electron chi connectivity index (χ3n) is 6.06. The van der Waals surface area contributed by atoms with Gasteiger partial charge in [-0.1, -0.05) is 48.2 Å². The lowest BCUT2D eigenvalue weighted by molar-refractivity contribution is -0.857. The van der Waals surface area contributed by atoms with Crippen molar-refractivity contribution in [2.45, 2.75) is 19.6 Å². The van der Waals surface area contributed by atoms with E-state index in [1.807, 2.05) is 51.4 Å². The minimum atomic E-state index is -0.759. The van der Waals surface area contributed by atoms with Crippen molar-refractivity contribution < 1.29 is 24.3 Å². The van der Waals surface area contributed by atoms with E-state index in [2.05, 4.69) is 4.98 Å². The molecule has 1 saturated heterocycles. The number of Topliss-reactive ketones (excluding diaryl/α,β-unsaturated/α-hetero) is 1. The molecule has 7 nitrogen and oxygen atoms in total. The smallest absolute Gasteiger partial charge is 0.295 e. The maximum absolute atomic E-state index is 13.6. The van der Waals surface area contributed by atoms with E-state index in [1.54, 1.807) is 42.7 Å². The van der Waals surface area contributed by atoms with Crippen LogP contribution in [0.5, 0.6) is 5.75 Å². The molecule has 0 aliphatic carbocycles. The van der Waals surface area contributed by atoms with Crippen LogP contribution in [0, 0.1) is 6.92 Å². The van der Waals surface area contributed by atoms with Gasteiger partial charge in [-0.05, 0) is 47.4 Å². The van der Waals surface area contributed by atoms with Crippen LogP contribution in [-0.2, 0) is 16.2 Å². The molecular weight excluding hydrogens is 442 g/mol. The van der Waals surface area contributed by atoms with Crippen LogP contribution in [0.1, 0.15) is 28.3 Å². The molecule has 1 amide bonds. The summed E-state index contributed by atoms with van der Waals surface area (Å²) in [4.78, 5) is 32.8. The topological polar surface area (TPSA) is 87.0 Å². The van der Waals surface area contributed by atoms with Crippen LogP contribution in [0.2, 0.25) is 0 Å². The third kappa shape index (κ3) is 5.25. The van der Waals surface area contributed by atoms with E-state index in [1.165, 1.54) is 4.90 Å². The van der Waals surface area contributed by atoms with Crippen molar-refractivity contribution in [3.63, 3.8) is 0 Å². The monoisotopic (exact) mass is 471 g/mol. The molecule has 1 fully saturated rings. The molecule has 0 spiro atoms. The van der Waals surface area contributed by atoms with Crippen LogP contribution in [0.4, 0.5) is 0 Å². The van der Waals surface area contributed by atoms with Crippen LogP contribution in [0.15, 0.2) is 78.6 Å². The van der Waals surface area contributed by atoms with E-state index in [0.717, 1.165) is 16.0 Å². The van der Waals surface area contributed by atoms with Gasteiger partial charge < -0.3 is 19.6 Å². The van der Waals surface area contributed by atoms with Gasteiger partial charge in [0, 0.05) is 18.0 Å². The van der Waals surface area contributed by atoms with Crippen molar-refractivity contribution >= 4 is 17.4 Å². The molecule has 35 heavy (non-hydrogen) atoms. The van der Waals surface area contributed by atoms with Gasteiger partial charge in [-0.3, -0.25) is 14.6 Å². The zero-order chi connectivity index (χ0) is 24.9. The maximum Gasteiger partial charge on any atom is 0.295 e. The highest BCUT2D eigenvalue weighted by atomic mass is 16.5. The zero-order valence-electron chi connectivity index (χ0n) is 20.2. The summed E-state index contributed by atoms with van der Waals surface area (Å²) in [6, 6.07) is 17.7. The van der Waals surface area contributed by atoms with Gasteiger partial charge in [0.15, 0.2) is 0 Å². The Kier molecular flexibility index (Phi) is 7.27.